The predicted octanol–water partition coefficient (Wildman–Crippen LogP) is 2.70. The summed E-state index contributed by atoms with van der Waals surface area (Å²) in [5.74, 6) is 1.28. The number of allylic oxidation sites excluding steroid dienone is 2. The molecule has 0 saturated heterocycles. The van der Waals surface area contributed by atoms with Crippen LogP contribution in [0, 0.1) is 11.1 Å². The summed E-state index contributed by atoms with van der Waals surface area (Å²) in [6, 6.07) is 4.87. The van der Waals surface area contributed by atoms with Crippen molar-refractivity contribution in [2.24, 2.45) is 11.0 Å². The molecule has 4 N–H and O–H groups in total. The van der Waals surface area contributed by atoms with E-state index in [1.54, 1.807) is 18.3 Å². The molecule has 1 aliphatic rings. The largest absolute Gasteiger partial charge is 0.629 e. The maximum Gasteiger partial charge on any atom is 0.245 e. The van der Waals surface area contributed by atoms with Gasteiger partial charge in [0.1, 0.15) is 11.4 Å². The molecule has 0 radical (unpaired) electrons. The highest BCUT2D eigenvalue weighted by molar-refractivity contribution is 14.1. The minimum Gasteiger partial charge on any atom is -0.629 e. The van der Waals surface area contributed by atoms with E-state index >= 15 is 0 Å². The first-order valence-electron chi connectivity index (χ1n) is 10.3. The summed E-state index contributed by atoms with van der Waals surface area (Å²) in [7, 11) is 1.50. The number of halogens is 1. The molecule has 1 aromatic carbocycles. The zero-order valence-corrected chi connectivity index (χ0v) is 20.1. The fourth-order valence-corrected chi connectivity index (χ4v) is 4.11. The van der Waals surface area contributed by atoms with Gasteiger partial charge in [0.2, 0.25) is 11.3 Å². The summed E-state index contributed by atoms with van der Waals surface area (Å²) in [5.41, 5.74) is 4.72. The monoisotopic (exact) mass is 562 g/mol. The minimum atomic E-state index is -0.0461. The molecule has 0 fully saturated rings. The van der Waals surface area contributed by atoms with Crippen LogP contribution in [0.25, 0.3) is 11.3 Å². The summed E-state index contributed by atoms with van der Waals surface area (Å²) in [4.78, 5) is 8.87. The van der Waals surface area contributed by atoms with Gasteiger partial charge in [0.05, 0.1) is 13.1 Å². The number of quaternary nitrogens is 1. The number of phenols is 1. The van der Waals surface area contributed by atoms with Crippen LogP contribution >= 0.6 is 22.6 Å². The van der Waals surface area contributed by atoms with E-state index in [1.165, 1.54) is 16.7 Å². The lowest BCUT2D eigenvalue weighted by Crippen LogP contribution is -2.98. The Morgan fingerprint density at radius 1 is 1.27 bits per heavy atom. The average molecular weight is 562 g/mol. The average Bonchev–Trinajstić information content (AvgIpc) is 3.23. The number of anilines is 2. The van der Waals surface area contributed by atoms with Crippen LogP contribution in [0.5, 0.6) is 5.75 Å². The Bertz CT molecular complexity index is 1220. The number of aromatic hydroxyl groups is 1. The fourth-order valence-electron chi connectivity index (χ4n) is 3.33. The van der Waals surface area contributed by atoms with Gasteiger partial charge >= 0.3 is 0 Å². The van der Waals surface area contributed by atoms with Crippen LogP contribution in [-0.2, 0) is 6.42 Å². The Morgan fingerprint density at radius 3 is 2.76 bits per heavy atom. The van der Waals surface area contributed by atoms with Crippen LogP contribution in [0.1, 0.15) is 18.9 Å². The number of phenolic OH excluding ortho intramolecular Hbond substituents is 1. The van der Waals surface area contributed by atoms with E-state index in [0.717, 1.165) is 0 Å². The third-order valence-corrected chi connectivity index (χ3v) is 5.88. The maximum absolute atomic E-state index is 11.6. The molecule has 0 spiro atoms. The molecule has 12 heteroatoms. The maximum atomic E-state index is 11.6. The summed E-state index contributed by atoms with van der Waals surface area (Å²) < 4.78 is 5.92. The number of nitrogens with one attached hydrogen (secondary N) is 3. The smallest absolute Gasteiger partial charge is 0.245 e. The number of hydrogen-bond acceptors (Lipinski definition) is 10. The van der Waals surface area contributed by atoms with Crippen molar-refractivity contribution >= 4 is 57.4 Å². The molecular formula is C21H23IN8O3. The van der Waals surface area contributed by atoms with Crippen molar-refractivity contribution in [3.63, 3.8) is 0 Å². The third-order valence-electron chi connectivity index (χ3n) is 5.16. The molecule has 172 valence electrons. The zero-order valence-electron chi connectivity index (χ0n) is 18.0. The van der Waals surface area contributed by atoms with Gasteiger partial charge in [-0.25, -0.2) is 9.61 Å². The standard InChI is InChI=1S/C21H23IN8O3/c1-12-10-14(22)5-7-16(12)24-18-19(26-21-20(25-18)28-33-29-21)27-23-9-3-4-13-11-15(30(2)32)6-8-17(13)31/h5-12,16,30-31H,3-4H2,1-2H3,(H,24,25,28)(H,26,27,29)/b23-9+. The molecule has 2 heterocycles. The second-order valence-corrected chi connectivity index (χ2v) is 8.88. The number of hydroxylamine groups is 1. The van der Waals surface area contributed by atoms with Gasteiger partial charge in [0, 0.05) is 27.5 Å². The van der Waals surface area contributed by atoms with Crippen molar-refractivity contribution < 1.29 is 14.8 Å². The highest BCUT2D eigenvalue weighted by atomic mass is 127. The van der Waals surface area contributed by atoms with E-state index in [4.69, 9.17) is 4.63 Å². The lowest BCUT2D eigenvalue weighted by molar-refractivity contribution is -0.751. The van der Waals surface area contributed by atoms with Gasteiger partial charge in [-0.05, 0) is 57.7 Å². The summed E-state index contributed by atoms with van der Waals surface area (Å²) >= 11 is 2.29. The van der Waals surface area contributed by atoms with E-state index in [1.807, 2.05) is 6.08 Å². The molecule has 0 saturated carbocycles. The first-order valence-corrected chi connectivity index (χ1v) is 11.4. The number of benzene rings is 1. The Morgan fingerprint density at radius 2 is 2.03 bits per heavy atom. The highest BCUT2D eigenvalue weighted by Gasteiger charge is 2.20. The molecule has 0 bridgehead atoms. The first kappa shape index (κ1) is 23.1. The fraction of sp³-hybridized carbons (Fsp3) is 0.286. The van der Waals surface area contributed by atoms with Gasteiger partial charge in [-0.3, -0.25) is 5.43 Å². The number of fused-ring (bicyclic) bond motifs is 1. The summed E-state index contributed by atoms with van der Waals surface area (Å²) in [5, 5.41) is 36.7. The zero-order chi connectivity index (χ0) is 23.4. The van der Waals surface area contributed by atoms with E-state index < -0.39 is 0 Å². The minimum absolute atomic E-state index is 0.0242. The van der Waals surface area contributed by atoms with Gasteiger partial charge < -0.3 is 20.7 Å². The van der Waals surface area contributed by atoms with Gasteiger partial charge in [-0.15, -0.1) is 0 Å². The molecule has 3 unspecified atom stereocenters. The predicted molar refractivity (Wildman–Crippen MR) is 134 cm³/mol. The van der Waals surface area contributed by atoms with Crippen molar-refractivity contribution in [3.8, 4) is 5.75 Å². The Kier molecular flexibility index (Phi) is 7.15. The molecule has 0 aliphatic heterocycles. The number of hydrazone groups is 1. The number of rotatable bonds is 8. The molecule has 4 rings (SSSR count). The molecular weight excluding hydrogens is 539 g/mol. The van der Waals surface area contributed by atoms with E-state index in [9.17, 15) is 10.3 Å². The summed E-state index contributed by atoms with van der Waals surface area (Å²) in [6.07, 6.45) is 9.03. The molecule has 1 aliphatic carbocycles. The molecule has 33 heavy (non-hydrogen) atoms. The Hall–Kier alpha value is -3.10. The normalized spacial score (nSPS) is 19.1. The van der Waals surface area contributed by atoms with Crippen LogP contribution in [0.3, 0.4) is 0 Å². The van der Waals surface area contributed by atoms with Crippen LogP contribution in [0.2, 0.25) is 0 Å². The molecule has 2 aromatic heterocycles. The van der Waals surface area contributed by atoms with Crippen molar-refractivity contribution in [1.29, 1.82) is 0 Å². The SMILES string of the molecule is CC1C=C(I)C=CC1Nc1nc2nonc2nc1N/N=C/CCc1cc([NH+](C)[O-])ccc1O. The van der Waals surface area contributed by atoms with Crippen LogP contribution < -0.4 is 15.8 Å². The number of nitrogens with zero attached hydrogens (tertiary/aromatic N) is 5. The number of aryl methyl sites for hydroxylation is 1. The van der Waals surface area contributed by atoms with Crippen molar-refractivity contribution in [2.45, 2.75) is 25.8 Å². The van der Waals surface area contributed by atoms with E-state index in [-0.39, 0.29) is 28.4 Å². The van der Waals surface area contributed by atoms with Crippen LogP contribution in [0.4, 0.5) is 17.3 Å². The van der Waals surface area contributed by atoms with Crippen LogP contribution in [0.15, 0.2) is 49.7 Å². The molecule has 0 amide bonds. The number of aromatic nitrogens is 4. The lowest BCUT2D eigenvalue weighted by Gasteiger charge is -2.24. The van der Waals surface area contributed by atoms with E-state index in [2.05, 4.69) is 77.8 Å². The topological polar surface area (TPSA) is 149 Å². The van der Waals surface area contributed by atoms with Crippen molar-refractivity contribution in [1.82, 2.24) is 20.3 Å². The third kappa shape index (κ3) is 5.64. The Labute approximate surface area is 203 Å². The summed E-state index contributed by atoms with van der Waals surface area (Å²) in [6.45, 7) is 2.12. The highest BCUT2D eigenvalue weighted by Crippen LogP contribution is 2.27. The van der Waals surface area contributed by atoms with Gasteiger partial charge in [-0.2, -0.15) is 10.1 Å². The number of hydrogen-bond donors (Lipinski definition) is 4. The second kappa shape index (κ2) is 10.2. The first-order chi connectivity index (χ1) is 15.9. The van der Waals surface area contributed by atoms with Gasteiger partial charge in [-0.1, -0.05) is 25.2 Å². The molecule has 11 nitrogen and oxygen atoms in total. The quantitative estimate of drug-likeness (QED) is 0.141. The van der Waals surface area contributed by atoms with Gasteiger partial charge in [0.25, 0.3) is 0 Å². The van der Waals surface area contributed by atoms with E-state index in [0.29, 0.717) is 41.4 Å². The lowest BCUT2D eigenvalue weighted by atomic mass is 9.97. The van der Waals surface area contributed by atoms with Gasteiger partial charge in [0.15, 0.2) is 11.6 Å². The Balaban J connectivity index is 1.45. The van der Waals surface area contributed by atoms with Crippen molar-refractivity contribution in [3.05, 3.63) is 50.8 Å². The molecule has 3 aromatic rings. The van der Waals surface area contributed by atoms with Crippen molar-refractivity contribution in [2.75, 3.05) is 17.8 Å². The second-order valence-electron chi connectivity index (χ2n) is 7.63. The van der Waals surface area contributed by atoms with Crippen LogP contribution in [-0.4, -0.2) is 44.7 Å². The molecule has 3 atom stereocenters.